The highest BCUT2D eigenvalue weighted by Crippen LogP contribution is 2.45. The van der Waals surface area contributed by atoms with Gasteiger partial charge in [-0.25, -0.2) is 0 Å². The van der Waals surface area contributed by atoms with Crippen LogP contribution in [0.5, 0.6) is 17.2 Å². The summed E-state index contributed by atoms with van der Waals surface area (Å²) in [5.74, 6) is 1.42. The average Bonchev–Trinajstić information content (AvgIpc) is 3.13. The van der Waals surface area contributed by atoms with Crippen molar-refractivity contribution >= 4 is 11.8 Å². The topological polar surface area (TPSA) is 71.1 Å². The lowest BCUT2D eigenvalue weighted by atomic mass is 9.92. The van der Waals surface area contributed by atoms with Crippen LogP contribution in [-0.2, 0) is 16.0 Å². The molecular formula is C26H30O6. The number of rotatable bonds is 8. The van der Waals surface area contributed by atoms with E-state index in [2.05, 4.69) is 0 Å². The Balaban J connectivity index is 1.65. The van der Waals surface area contributed by atoms with E-state index in [1.165, 1.54) is 0 Å². The van der Waals surface area contributed by atoms with Gasteiger partial charge in [0.15, 0.2) is 17.3 Å². The maximum atomic E-state index is 12.7. The number of hydrogen-bond donors (Lipinski definition) is 0. The standard InChI is InChI=1S/C26H30O6/c1-26(2,25(28)32-18-6-5-7-18)15-31-23-20(11-13-22(29-3)24(23)30-4)17-8-10-19-16(14-17)9-12-21(19)27/h8,10-11,13-14,18H,5-7,9,12,15H2,1-4H3. The van der Waals surface area contributed by atoms with E-state index >= 15 is 0 Å². The van der Waals surface area contributed by atoms with Crippen LogP contribution in [0.4, 0.5) is 0 Å². The zero-order valence-corrected chi connectivity index (χ0v) is 19.2. The predicted octanol–water partition coefficient (Wildman–Crippen LogP) is 5.00. The molecule has 6 nitrogen and oxygen atoms in total. The first-order valence-corrected chi connectivity index (χ1v) is 11.1. The molecule has 170 valence electrons. The number of aryl methyl sites for hydroxylation is 1. The summed E-state index contributed by atoms with van der Waals surface area (Å²) in [6.07, 6.45) is 4.27. The molecule has 0 unspecified atom stereocenters. The molecule has 0 N–H and O–H groups in total. The fourth-order valence-corrected chi connectivity index (χ4v) is 4.00. The van der Waals surface area contributed by atoms with Gasteiger partial charge in [0.2, 0.25) is 5.75 Å². The van der Waals surface area contributed by atoms with Crippen LogP contribution < -0.4 is 14.2 Å². The van der Waals surface area contributed by atoms with Crippen molar-refractivity contribution in [2.24, 2.45) is 5.41 Å². The SMILES string of the molecule is COc1ccc(-c2ccc3c(c2)CCC3=O)c(OCC(C)(C)C(=O)OC2CCC2)c1OC. The van der Waals surface area contributed by atoms with Crippen molar-refractivity contribution in [3.05, 3.63) is 41.5 Å². The molecule has 2 aliphatic carbocycles. The minimum Gasteiger partial charge on any atom is -0.493 e. The van der Waals surface area contributed by atoms with Crippen molar-refractivity contribution in [3.8, 4) is 28.4 Å². The third kappa shape index (κ3) is 4.18. The summed E-state index contributed by atoms with van der Waals surface area (Å²) in [7, 11) is 3.13. The molecule has 2 aliphatic rings. The molecule has 0 spiro atoms. The molecule has 4 rings (SSSR count). The summed E-state index contributed by atoms with van der Waals surface area (Å²) in [5.41, 5.74) is 2.73. The quantitative estimate of drug-likeness (QED) is 0.540. The van der Waals surface area contributed by atoms with E-state index in [-0.39, 0.29) is 24.5 Å². The highest BCUT2D eigenvalue weighted by molar-refractivity contribution is 6.01. The van der Waals surface area contributed by atoms with Crippen LogP contribution in [0, 0.1) is 5.41 Å². The molecule has 2 aromatic rings. The number of fused-ring (bicyclic) bond motifs is 1. The number of ether oxygens (including phenoxy) is 4. The Bertz CT molecular complexity index is 1030. The van der Waals surface area contributed by atoms with Crippen LogP contribution in [0.25, 0.3) is 11.1 Å². The van der Waals surface area contributed by atoms with E-state index in [1.807, 2.05) is 44.2 Å². The van der Waals surface area contributed by atoms with Crippen LogP contribution in [0.1, 0.15) is 55.5 Å². The number of benzene rings is 2. The first-order valence-electron chi connectivity index (χ1n) is 11.1. The second-order valence-corrected chi connectivity index (χ2v) is 9.10. The maximum Gasteiger partial charge on any atom is 0.315 e. The molecular weight excluding hydrogens is 408 g/mol. The molecule has 0 aliphatic heterocycles. The minimum atomic E-state index is -0.828. The van der Waals surface area contributed by atoms with E-state index in [1.54, 1.807) is 14.2 Å². The van der Waals surface area contributed by atoms with Gasteiger partial charge in [0.25, 0.3) is 0 Å². The lowest BCUT2D eigenvalue weighted by Gasteiger charge is -2.30. The summed E-state index contributed by atoms with van der Waals surface area (Å²) in [6, 6.07) is 9.57. The molecule has 0 atom stereocenters. The van der Waals surface area contributed by atoms with Crippen LogP contribution in [0.2, 0.25) is 0 Å². The molecule has 0 bridgehead atoms. The average molecular weight is 439 g/mol. The molecule has 2 aromatic carbocycles. The summed E-state index contributed by atoms with van der Waals surface area (Å²) in [5, 5.41) is 0. The lowest BCUT2D eigenvalue weighted by molar-refractivity contribution is -0.165. The molecule has 0 saturated heterocycles. The summed E-state index contributed by atoms with van der Waals surface area (Å²) in [4.78, 5) is 24.7. The Kier molecular flexibility index (Phi) is 6.13. The van der Waals surface area contributed by atoms with Crippen molar-refractivity contribution in [3.63, 3.8) is 0 Å². The molecule has 6 heteroatoms. The van der Waals surface area contributed by atoms with Gasteiger partial charge in [-0.3, -0.25) is 9.59 Å². The fraction of sp³-hybridized carbons (Fsp3) is 0.462. The van der Waals surface area contributed by atoms with Crippen molar-refractivity contribution in [2.75, 3.05) is 20.8 Å². The lowest BCUT2D eigenvalue weighted by Crippen LogP contribution is -2.37. The van der Waals surface area contributed by atoms with Crippen LogP contribution >= 0.6 is 0 Å². The Morgan fingerprint density at radius 2 is 1.75 bits per heavy atom. The van der Waals surface area contributed by atoms with Crippen molar-refractivity contribution < 1.29 is 28.5 Å². The normalized spacial score (nSPS) is 15.7. The Morgan fingerprint density at radius 3 is 2.41 bits per heavy atom. The van der Waals surface area contributed by atoms with Crippen molar-refractivity contribution in [1.29, 1.82) is 0 Å². The van der Waals surface area contributed by atoms with E-state index in [9.17, 15) is 9.59 Å². The van der Waals surface area contributed by atoms with E-state index in [0.29, 0.717) is 23.7 Å². The van der Waals surface area contributed by atoms with Gasteiger partial charge in [-0.15, -0.1) is 0 Å². The van der Waals surface area contributed by atoms with Gasteiger partial charge in [0.05, 0.1) is 19.6 Å². The summed E-state index contributed by atoms with van der Waals surface area (Å²) in [6.45, 7) is 3.77. The molecule has 1 fully saturated rings. The fourth-order valence-electron chi connectivity index (χ4n) is 4.00. The van der Waals surface area contributed by atoms with Crippen LogP contribution in [0.3, 0.4) is 0 Å². The monoisotopic (exact) mass is 438 g/mol. The zero-order valence-electron chi connectivity index (χ0n) is 19.2. The Labute approximate surface area is 188 Å². The van der Waals surface area contributed by atoms with E-state index < -0.39 is 5.41 Å². The third-order valence-corrected chi connectivity index (χ3v) is 6.29. The molecule has 1 saturated carbocycles. The maximum absolute atomic E-state index is 12.7. The number of methoxy groups -OCH3 is 2. The first kappa shape index (κ1) is 22.2. The van der Waals surface area contributed by atoms with Gasteiger partial charge in [-0.05, 0) is 62.8 Å². The highest BCUT2D eigenvalue weighted by atomic mass is 16.6. The van der Waals surface area contributed by atoms with Gasteiger partial charge >= 0.3 is 5.97 Å². The number of ketones is 1. The molecule has 32 heavy (non-hydrogen) atoms. The number of carbonyl (C=O) groups is 2. The molecule has 0 heterocycles. The second-order valence-electron chi connectivity index (χ2n) is 9.10. The van der Waals surface area contributed by atoms with Crippen LogP contribution in [-0.4, -0.2) is 38.7 Å². The zero-order chi connectivity index (χ0) is 22.9. The van der Waals surface area contributed by atoms with Gasteiger partial charge in [0.1, 0.15) is 12.7 Å². The van der Waals surface area contributed by atoms with Gasteiger partial charge < -0.3 is 18.9 Å². The third-order valence-electron chi connectivity index (χ3n) is 6.29. The number of Topliss-reactive ketones (excluding diaryl/α,β-unsaturated/α-hetero) is 1. The predicted molar refractivity (Wildman–Crippen MR) is 121 cm³/mol. The number of esters is 1. The summed E-state index contributed by atoms with van der Waals surface area (Å²) < 4.78 is 23.0. The molecule has 0 aromatic heterocycles. The minimum absolute atomic E-state index is 0.0258. The van der Waals surface area contributed by atoms with Crippen molar-refractivity contribution in [2.45, 2.75) is 52.1 Å². The van der Waals surface area contributed by atoms with E-state index in [4.69, 9.17) is 18.9 Å². The Morgan fingerprint density at radius 1 is 1.00 bits per heavy atom. The molecule has 0 amide bonds. The summed E-state index contributed by atoms with van der Waals surface area (Å²) >= 11 is 0. The van der Waals surface area contributed by atoms with Gasteiger partial charge in [-0.1, -0.05) is 18.2 Å². The highest BCUT2D eigenvalue weighted by Gasteiger charge is 2.35. The second kappa shape index (κ2) is 8.85. The van der Waals surface area contributed by atoms with Crippen LogP contribution in [0.15, 0.2) is 30.3 Å². The number of hydrogen-bond acceptors (Lipinski definition) is 6. The number of carbonyl (C=O) groups excluding carboxylic acids is 2. The van der Waals surface area contributed by atoms with E-state index in [0.717, 1.165) is 47.9 Å². The van der Waals surface area contributed by atoms with Crippen molar-refractivity contribution in [1.82, 2.24) is 0 Å². The Hall–Kier alpha value is -3.02. The smallest absolute Gasteiger partial charge is 0.315 e. The largest absolute Gasteiger partial charge is 0.493 e. The van der Waals surface area contributed by atoms with Gasteiger partial charge in [0, 0.05) is 17.5 Å². The van der Waals surface area contributed by atoms with Gasteiger partial charge in [-0.2, -0.15) is 0 Å². The molecule has 0 radical (unpaired) electrons. The first-order chi connectivity index (χ1) is 15.3.